The number of nitrogens with one attached hydrogen (secondary N) is 1. The predicted octanol–water partition coefficient (Wildman–Crippen LogP) is 2.41. The second-order valence-electron chi connectivity index (χ2n) is 6.44. The Bertz CT molecular complexity index is 408. The van der Waals surface area contributed by atoms with Crippen LogP contribution in [0, 0.1) is 5.41 Å². The zero-order chi connectivity index (χ0) is 12.8. The van der Waals surface area contributed by atoms with Gasteiger partial charge in [-0.1, -0.05) is 34.6 Å². The van der Waals surface area contributed by atoms with E-state index in [1.54, 1.807) is 0 Å². The third kappa shape index (κ3) is 2.31. The molecule has 1 aliphatic rings. The van der Waals surface area contributed by atoms with E-state index in [0.717, 1.165) is 17.4 Å². The van der Waals surface area contributed by atoms with Gasteiger partial charge in [0.25, 0.3) is 0 Å². The maximum absolute atomic E-state index is 9.69. The van der Waals surface area contributed by atoms with Crippen molar-refractivity contribution in [2.75, 3.05) is 5.32 Å². The average Bonchev–Trinajstić information content (AvgIpc) is 2.65. The van der Waals surface area contributed by atoms with E-state index in [2.05, 4.69) is 49.3 Å². The highest BCUT2D eigenvalue weighted by Gasteiger charge is 2.47. The molecule has 2 unspecified atom stereocenters. The van der Waals surface area contributed by atoms with Gasteiger partial charge in [0, 0.05) is 28.4 Å². The Morgan fingerprint density at radius 2 is 2.06 bits per heavy atom. The molecule has 0 aliphatic heterocycles. The van der Waals surface area contributed by atoms with Crippen LogP contribution in [0.25, 0.3) is 0 Å². The fourth-order valence-corrected chi connectivity index (χ4v) is 2.69. The number of aromatic nitrogens is 2. The molecule has 17 heavy (non-hydrogen) atoms. The third-order valence-electron chi connectivity index (χ3n) is 3.61. The van der Waals surface area contributed by atoms with Crippen molar-refractivity contribution in [2.45, 2.75) is 58.6 Å². The largest absolute Gasteiger partial charge is 0.392 e. The summed E-state index contributed by atoms with van der Waals surface area (Å²) >= 11 is 1.40. The minimum atomic E-state index is -0.213. The molecule has 0 aromatic carbocycles. The molecule has 2 N–H and O–H groups in total. The number of hydrogen-bond donors (Lipinski definition) is 2. The van der Waals surface area contributed by atoms with Crippen LogP contribution in [0.4, 0.5) is 5.13 Å². The van der Waals surface area contributed by atoms with E-state index in [1.165, 1.54) is 11.5 Å². The van der Waals surface area contributed by atoms with Gasteiger partial charge in [0.1, 0.15) is 5.82 Å². The molecule has 4 nitrogen and oxygen atoms in total. The number of aliphatic hydroxyl groups excluding tert-OH is 1. The van der Waals surface area contributed by atoms with Gasteiger partial charge in [0.2, 0.25) is 5.13 Å². The highest BCUT2D eigenvalue weighted by Crippen LogP contribution is 2.42. The average molecular weight is 255 g/mol. The van der Waals surface area contributed by atoms with Crippen molar-refractivity contribution in [1.82, 2.24) is 9.36 Å². The molecule has 1 heterocycles. The maximum atomic E-state index is 9.69. The number of hydrogen-bond acceptors (Lipinski definition) is 5. The second-order valence-corrected chi connectivity index (χ2v) is 7.19. The summed E-state index contributed by atoms with van der Waals surface area (Å²) in [5, 5.41) is 13.9. The molecule has 96 valence electrons. The van der Waals surface area contributed by atoms with E-state index in [9.17, 15) is 5.11 Å². The minimum Gasteiger partial charge on any atom is -0.392 e. The summed E-state index contributed by atoms with van der Waals surface area (Å²) in [4.78, 5) is 4.51. The van der Waals surface area contributed by atoms with E-state index >= 15 is 0 Å². The van der Waals surface area contributed by atoms with Crippen LogP contribution < -0.4 is 5.32 Å². The number of rotatable bonds is 2. The fourth-order valence-electron chi connectivity index (χ4n) is 1.88. The Balaban J connectivity index is 2.04. The van der Waals surface area contributed by atoms with Crippen LogP contribution in [0.3, 0.4) is 0 Å². The Hall–Kier alpha value is -0.680. The molecule has 0 spiro atoms. The lowest BCUT2D eigenvalue weighted by Gasteiger charge is -2.49. The highest BCUT2D eigenvalue weighted by molar-refractivity contribution is 7.09. The Kier molecular flexibility index (Phi) is 2.94. The zero-order valence-electron chi connectivity index (χ0n) is 11.1. The summed E-state index contributed by atoms with van der Waals surface area (Å²) in [5.41, 5.74) is -0.0847. The van der Waals surface area contributed by atoms with Crippen LogP contribution in [0.5, 0.6) is 0 Å². The van der Waals surface area contributed by atoms with Gasteiger partial charge in [-0.15, -0.1) is 0 Å². The number of aliphatic hydroxyl groups is 1. The monoisotopic (exact) mass is 255 g/mol. The third-order valence-corrected chi connectivity index (χ3v) is 4.26. The SMILES string of the molecule is CC(C)(C)c1nsc(NC2CC(O)C2(C)C)n1. The first kappa shape index (κ1) is 12.8. The van der Waals surface area contributed by atoms with Crippen LogP contribution in [0.15, 0.2) is 0 Å². The standard InChI is InChI=1S/C12H21N3OS/c1-11(2,3)9-14-10(17-15-9)13-7-6-8(16)12(7,4)5/h7-8,16H,6H2,1-5H3,(H,13,14,15). The molecular weight excluding hydrogens is 234 g/mol. The molecule has 1 aromatic heterocycles. The molecule has 1 fully saturated rings. The first-order valence-corrected chi connectivity index (χ1v) is 6.77. The maximum Gasteiger partial charge on any atom is 0.202 e. The quantitative estimate of drug-likeness (QED) is 0.852. The Morgan fingerprint density at radius 3 is 2.47 bits per heavy atom. The van der Waals surface area contributed by atoms with Gasteiger partial charge in [-0.3, -0.25) is 0 Å². The normalized spacial score (nSPS) is 27.6. The Morgan fingerprint density at radius 1 is 1.41 bits per heavy atom. The van der Waals surface area contributed by atoms with Crippen LogP contribution in [-0.2, 0) is 5.41 Å². The van der Waals surface area contributed by atoms with Crippen molar-refractivity contribution in [1.29, 1.82) is 0 Å². The minimum absolute atomic E-state index is 0.00885. The lowest BCUT2D eigenvalue weighted by Crippen LogP contribution is -2.56. The van der Waals surface area contributed by atoms with E-state index < -0.39 is 0 Å². The highest BCUT2D eigenvalue weighted by atomic mass is 32.1. The van der Waals surface area contributed by atoms with Gasteiger partial charge < -0.3 is 10.4 Å². The summed E-state index contributed by atoms with van der Waals surface area (Å²) in [6.45, 7) is 10.5. The molecule has 5 heteroatoms. The summed E-state index contributed by atoms with van der Waals surface area (Å²) < 4.78 is 4.37. The zero-order valence-corrected chi connectivity index (χ0v) is 11.9. The predicted molar refractivity (Wildman–Crippen MR) is 70.4 cm³/mol. The molecule has 0 amide bonds. The van der Waals surface area contributed by atoms with Crippen molar-refractivity contribution < 1.29 is 5.11 Å². The molecule has 0 radical (unpaired) electrons. The van der Waals surface area contributed by atoms with E-state index in [4.69, 9.17) is 0 Å². The molecule has 2 atom stereocenters. The smallest absolute Gasteiger partial charge is 0.202 e. The fraction of sp³-hybridized carbons (Fsp3) is 0.833. The summed E-state index contributed by atoms with van der Waals surface area (Å²) in [6.07, 6.45) is 0.576. The van der Waals surface area contributed by atoms with Crippen LogP contribution in [0.2, 0.25) is 0 Å². The van der Waals surface area contributed by atoms with Crippen molar-refractivity contribution in [3.8, 4) is 0 Å². The van der Waals surface area contributed by atoms with Crippen molar-refractivity contribution in [2.24, 2.45) is 5.41 Å². The Labute approximate surface area is 107 Å². The van der Waals surface area contributed by atoms with Crippen LogP contribution >= 0.6 is 11.5 Å². The molecule has 0 bridgehead atoms. The second kappa shape index (κ2) is 3.92. The van der Waals surface area contributed by atoms with Gasteiger partial charge in [-0.2, -0.15) is 4.37 Å². The molecule has 2 rings (SSSR count). The molecule has 1 aliphatic carbocycles. The van der Waals surface area contributed by atoms with E-state index in [1.807, 2.05) is 0 Å². The molecule has 1 aromatic rings. The van der Waals surface area contributed by atoms with Gasteiger partial charge >= 0.3 is 0 Å². The lowest BCUT2D eigenvalue weighted by atomic mass is 9.65. The molecule has 0 saturated heterocycles. The first-order valence-electron chi connectivity index (χ1n) is 6.00. The summed E-state index contributed by atoms with van der Waals surface area (Å²) in [7, 11) is 0. The number of anilines is 1. The number of nitrogens with zero attached hydrogens (tertiary/aromatic N) is 2. The summed E-state index contributed by atoms with van der Waals surface area (Å²) in [6, 6.07) is 0.290. The molecular formula is C12H21N3OS. The van der Waals surface area contributed by atoms with Gasteiger partial charge in [-0.05, 0) is 6.42 Å². The van der Waals surface area contributed by atoms with Crippen LogP contribution in [0.1, 0.15) is 46.9 Å². The van der Waals surface area contributed by atoms with Crippen molar-refractivity contribution >= 4 is 16.7 Å². The van der Waals surface area contributed by atoms with E-state index in [-0.39, 0.29) is 16.9 Å². The molecule has 1 saturated carbocycles. The van der Waals surface area contributed by atoms with Crippen LogP contribution in [-0.4, -0.2) is 26.6 Å². The van der Waals surface area contributed by atoms with Crippen molar-refractivity contribution in [3.05, 3.63) is 5.82 Å². The topological polar surface area (TPSA) is 58.0 Å². The van der Waals surface area contributed by atoms with Gasteiger partial charge in [-0.25, -0.2) is 4.98 Å². The van der Waals surface area contributed by atoms with E-state index in [0.29, 0.717) is 6.04 Å². The lowest BCUT2D eigenvalue weighted by molar-refractivity contribution is -0.0510. The van der Waals surface area contributed by atoms with Gasteiger partial charge in [0.15, 0.2) is 0 Å². The summed E-state index contributed by atoms with van der Waals surface area (Å²) in [5.74, 6) is 0.877. The van der Waals surface area contributed by atoms with Gasteiger partial charge in [0.05, 0.1) is 6.10 Å². The van der Waals surface area contributed by atoms with Crippen molar-refractivity contribution in [3.63, 3.8) is 0 Å². The first-order chi connectivity index (χ1) is 7.71.